The third-order valence-corrected chi connectivity index (χ3v) is 4.18. The smallest absolute Gasteiger partial charge is 0.252 e. The number of fused-ring (bicyclic) bond motifs is 1. The van der Waals surface area contributed by atoms with E-state index in [1.165, 1.54) is 5.56 Å². The molecule has 0 fully saturated rings. The second kappa shape index (κ2) is 6.92. The second-order valence-electron chi connectivity index (χ2n) is 5.46. The molecular formula is C19H17BrN2O. The Bertz CT molecular complexity index is 847. The van der Waals surface area contributed by atoms with Crippen LogP contribution in [-0.4, -0.2) is 17.4 Å². The Morgan fingerprint density at radius 1 is 1.13 bits per heavy atom. The van der Waals surface area contributed by atoms with Crippen molar-refractivity contribution in [2.45, 2.75) is 13.3 Å². The largest absolute Gasteiger partial charge is 0.352 e. The van der Waals surface area contributed by atoms with E-state index in [0.717, 1.165) is 27.5 Å². The number of benzene rings is 2. The molecule has 3 nitrogen and oxygen atoms in total. The highest BCUT2D eigenvalue weighted by atomic mass is 79.9. The van der Waals surface area contributed by atoms with E-state index in [1.54, 1.807) is 0 Å². The molecule has 1 N–H and O–H groups in total. The molecular weight excluding hydrogens is 352 g/mol. The molecule has 116 valence electrons. The molecule has 0 saturated carbocycles. The molecule has 0 unspecified atom stereocenters. The predicted molar refractivity (Wildman–Crippen MR) is 96.7 cm³/mol. The van der Waals surface area contributed by atoms with Gasteiger partial charge in [-0.3, -0.25) is 9.78 Å². The van der Waals surface area contributed by atoms with Crippen LogP contribution in [0.3, 0.4) is 0 Å². The Morgan fingerprint density at radius 3 is 2.70 bits per heavy atom. The van der Waals surface area contributed by atoms with Gasteiger partial charge >= 0.3 is 0 Å². The first-order valence-electron chi connectivity index (χ1n) is 7.52. The van der Waals surface area contributed by atoms with Crippen LogP contribution in [0.25, 0.3) is 10.9 Å². The SMILES string of the molecule is Cc1cc(C(=O)NCCc2ccccc2)c2cc(Br)ccc2n1. The summed E-state index contributed by atoms with van der Waals surface area (Å²) in [7, 11) is 0. The molecule has 0 aliphatic heterocycles. The minimum absolute atomic E-state index is 0.0606. The van der Waals surface area contributed by atoms with Crippen LogP contribution in [0.4, 0.5) is 0 Å². The van der Waals surface area contributed by atoms with E-state index >= 15 is 0 Å². The summed E-state index contributed by atoms with van der Waals surface area (Å²) in [5.74, 6) is -0.0606. The van der Waals surface area contributed by atoms with Crippen molar-refractivity contribution >= 4 is 32.7 Å². The Balaban J connectivity index is 1.79. The fraction of sp³-hybridized carbons (Fsp3) is 0.158. The highest BCUT2D eigenvalue weighted by Crippen LogP contribution is 2.22. The molecule has 0 bridgehead atoms. The van der Waals surface area contributed by atoms with Crippen LogP contribution in [0.2, 0.25) is 0 Å². The van der Waals surface area contributed by atoms with Crippen LogP contribution in [0.15, 0.2) is 59.1 Å². The van der Waals surface area contributed by atoms with Gasteiger partial charge in [-0.05, 0) is 43.2 Å². The highest BCUT2D eigenvalue weighted by molar-refractivity contribution is 9.10. The quantitative estimate of drug-likeness (QED) is 0.746. The number of aromatic nitrogens is 1. The zero-order valence-electron chi connectivity index (χ0n) is 12.8. The molecule has 0 spiro atoms. The summed E-state index contributed by atoms with van der Waals surface area (Å²) in [6.07, 6.45) is 0.818. The van der Waals surface area contributed by atoms with Crippen LogP contribution in [0.5, 0.6) is 0 Å². The lowest BCUT2D eigenvalue weighted by molar-refractivity contribution is 0.0955. The normalized spacial score (nSPS) is 10.7. The summed E-state index contributed by atoms with van der Waals surface area (Å²) in [6, 6.07) is 17.8. The summed E-state index contributed by atoms with van der Waals surface area (Å²) in [5.41, 5.74) is 3.56. The van der Waals surface area contributed by atoms with Crippen LogP contribution in [0.1, 0.15) is 21.6 Å². The van der Waals surface area contributed by atoms with Crippen LogP contribution >= 0.6 is 15.9 Å². The number of carbonyl (C=O) groups excluding carboxylic acids is 1. The van der Waals surface area contributed by atoms with Gasteiger partial charge in [0.2, 0.25) is 0 Å². The molecule has 1 aromatic heterocycles. The lowest BCUT2D eigenvalue weighted by Gasteiger charge is -2.09. The molecule has 0 aliphatic carbocycles. The summed E-state index contributed by atoms with van der Waals surface area (Å²) in [5, 5.41) is 3.87. The topological polar surface area (TPSA) is 42.0 Å². The maximum Gasteiger partial charge on any atom is 0.252 e. The zero-order valence-corrected chi connectivity index (χ0v) is 14.4. The third-order valence-electron chi connectivity index (χ3n) is 3.69. The van der Waals surface area contributed by atoms with Crippen molar-refractivity contribution in [2.24, 2.45) is 0 Å². The highest BCUT2D eigenvalue weighted by Gasteiger charge is 2.12. The Hall–Kier alpha value is -2.20. The van der Waals surface area contributed by atoms with Gasteiger partial charge in [-0.1, -0.05) is 46.3 Å². The fourth-order valence-corrected chi connectivity index (χ4v) is 2.94. The van der Waals surface area contributed by atoms with Crippen molar-refractivity contribution in [1.29, 1.82) is 0 Å². The van der Waals surface area contributed by atoms with E-state index in [4.69, 9.17) is 0 Å². The number of halogens is 1. The monoisotopic (exact) mass is 368 g/mol. The number of carbonyl (C=O) groups is 1. The van der Waals surface area contributed by atoms with Gasteiger partial charge in [0.15, 0.2) is 0 Å². The second-order valence-corrected chi connectivity index (χ2v) is 6.38. The van der Waals surface area contributed by atoms with Gasteiger partial charge in [0.25, 0.3) is 5.91 Å². The van der Waals surface area contributed by atoms with Gasteiger partial charge in [0.05, 0.1) is 11.1 Å². The van der Waals surface area contributed by atoms with E-state index in [0.29, 0.717) is 12.1 Å². The fourth-order valence-electron chi connectivity index (χ4n) is 2.58. The van der Waals surface area contributed by atoms with Crippen molar-refractivity contribution in [2.75, 3.05) is 6.54 Å². The summed E-state index contributed by atoms with van der Waals surface area (Å²) >= 11 is 3.46. The van der Waals surface area contributed by atoms with E-state index < -0.39 is 0 Å². The Morgan fingerprint density at radius 2 is 1.91 bits per heavy atom. The average molecular weight is 369 g/mol. The molecule has 0 radical (unpaired) electrons. The molecule has 4 heteroatoms. The van der Waals surface area contributed by atoms with Gasteiger partial charge in [0, 0.05) is 22.1 Å². The molecule has 1 heterocycles. The van der Waals surface area contributed by atoms with Crippen molar-refractivity contribution < 1.29 is 4.79 Å². The summed E-state index contributed by atoms with van der Waals surface area (Å²) < 4.78 is 0.939. The van der Waals surface area contributed by atoms with Crippen molar-refractivity contribution in [3.8, 4) is 0 Å². The van der Waals surface area contributed by atoms with E-state index in [2.05, 4.69) is 38.4 Å². The average Bonchev–Trinajstić information content (AvgIpc) is 2.55. The molecule has 0 aliphatic rings. The molecule has 0 atom stereocenters. The zero-order chi connectivity index (χ0) is 16.2. The summed E-state index contributed by atoms with van der Waals surface area (Å²) in [4.78, 5) is 17.0. The first-order valence-corrected chi connectivity index (χ1v) is 8.32. The van der Waals surface area contributed by atoms with Gasteiger partial charge in [0.1, 0.15) is 0 Å². The van der Waals surface area contributed by atoms with E-state index in [1.807, 2.05) is 49.4 Å². The maximum absolute atomic E-state index is 12.6. The number of amides is 1. The minimum Gasteiger partial charge on any atom is -0.352 e. The molecule has 0 saturated heterocycles. The maximum atomic E-state index is 12.6. The van der Waals surface area contributed by atoms with Gasteiger partial charge in [-0.25, -0.2) is 0 Å². The van der Waals surface area contributed by atoms with Crippen molar-refractivity contribution in [3.05, 3.63) is 75.9 Å². The number of hydrogen-bond donors (Lipinski definition) is 1. The molecule has 1 amide bonds. The number of pyridine rings is 1. The first kappa shape index (κ1) is 15.7. The lowest BCUT2D eigenvalue weighted by Crippen LogP contribution is -2.26. The van der Waals surface area contributed by atoms with Crippen LogP contribution in [0, 0.1) is 6.92 Å². The Labute approximate surface area is 143 Å². The number of aryl methyl sites for hydroxylation is 1. The van der Waals surface area contributed by atoms with Gasteiger partial charge < -0.3 is 5.32 Å². The Kier molecular flexibility index (Phi) is 4.72. The number of hydrogen-bond acceptors (Lipinski definition) is 2. The number of nitrogens with one attached hydrogen (secondary N) is 1. The van der Waals surface area contributed by atoms with E-state index in [-0.39, 0.29) is 5.91 Å². The first-order chi connectivity index (χ1) is 11.1. The molecule has 2 aromatic carbocycles. The van der Waals surface area contributed by atoms with E-state index in [9.17, 15) is 4.79 Å². The third kappa shape index (κ3) is 3.77. The number of rotatable bonds is 4. The molecule has 3 rings (SSSR count). The van der Waals surface area contributed by atoms with Crippen LogP contribution in [-0.2, 0) is 6.42 Å². The lowest BCUT2D eigenvalue weighted by atomic mass is 10.1. The predicted octanol–water partition coefficient (Wildman–Crippen LogP) is 4.28. The van der Waals surface area contributed by atoms with Gasteiger partial charge in [-0.15, -0.1) is 0 Å². The summed E-state index contributed by atoms with van der Waals surface area (Å²) in [6.45, 7) is 2.52. The standard InChI is InChI=1S/C19H17BrN2O/c1-13-11-17(16-12-15(20)7-8-18(16)22-13)19(23)21-10-9-14-5-3-2-4-6-14/h2-8,11-12H,9-10H2,1H3,(H,21,23). The van der Waals surface area contributed by atoms with Crippen LogP contribution < -0.4 is 5.32 Å². The molecule has 3 aromatic rings. The van der Waals surface area contributed by atoms with Crippen molar-refractivity contribution in [3.63, 3.8) is 0 Å². The van der Waals surface area contributed by atoms with Crippen molar-refractivity contribution in [1.82, 2.24) is 10.3 Å². The number of nitrogens with zero attached hydrogens (tertiary/aromatic N) is 1. The minimum atomic E-state index is -0.0606. The van der Waals surface area contributed by atoms with Gasteiger partial charge in [-0.2, -0.15) is 0 Å². The molecule has 23 heavy (non-hydrogen) atoms.